The molecule has 0 heterocycles. The van der Waals surface area contributed by atoms with Crippen molar-refractivity contribution in [1.82, 2.24) is 5.06 Å². The number of hydroxylamine groups is 2. The molecule has 0 amide bonds. The third-order valence-corrected chi connectivity index (χ3v) is 0.398. The van der Waals surface area contributed by atoms with E-state index in [4.69, 9.17) is 11.6 Å². The molecule has 0 radical (unpaired) electrons. The number of thiocarbonyl (C=S) groups is 1. The molecule has 0 rings (SSSR count). The van der Waals surface area contributed by atoms with Crippen LogP contribution in [0.15, 0.2) is 0 Å². The molecule has 0 aliphatic heterocycles. The number of halogens is 1. The first kappa shape index (κ1) is 7.14. The fourth-order valence-corrected chi connectivity index (χ4v) is 0.431. The van der Waals surface area contributed by atoms with Gasteiger partial charge in [-0.3, -0.25) is 0 Å². The van der Waals surface area contributed by atoms with Gasteiger partial charge in [-0.2, -0.15) is 0 Å². The molecule has 42 valence electrons. The van der Waals surface area contributed by atoms with Crippen LogP contribution in [-0.2, 0) is 4.84 Å². The van der Waals surface area contributed by atoms with Gasteiger partial charge in [0.15, 0.2) is 0 Å². The van der Waals surface area contributed by atoms with Crippen molar-refractivity contribution >= 4 is 28.3 Å². The van der Waals surface area contributed by atoms with Crippen LogP contribution in [-0.4, -0.2) is 23.7 Å². The van der Waals surface area contributed by atoms with Crippen LogP contribution < -0.4 is 0 Å². The zero-order valence-corrected chi connectivity index (χ0v) is 5.71. The molecule has 0 aliphatic carbocycles. The average molecular weight is 140 g/mol. The van der Waals surface area contributed by atoms with Gasteiger partial charge < -0.3 is 4.84 Å². The smallest absolute Gasteiger partial charge is 0.278 e. The summed E-state index contributed by atoms with van der Waals surface area (Å²) < 4.78 is 0.0185. The Kier molecular flexibility index (Phi) is 3.25. The normalized spacial score (nSPS) is 9.14. The molecule has 0 fully saturated rings. The van der Waals surface area contributed by atoms with Gasteiger partial charge in [0.05, 0.1) is 0 Å². The Balaban J connectivity index is 3.13. The molecule has 0 N–H and O–H groups in total. The van der Waals surface area contributed by atoms with Gasteiger partial charge in [-0.05, 0) is 23.8 Å². The van der Waals surface area contributed by atoms with Crippen LogP contribution in [0, 0.1) is 0 Å². The zero-order chi connectivity index (χ0) is 5.86. The van der Waals surface area contributed by atoms with E-state index in [2.05, 4.69) is 17.1 Å². The molecule has 4 heteroatoms. The van der Waals surface area contributed by atoms with Crippen molar-refractivity contribution in [3.8, 4) is 0 Å². The molecule has 0 aromatic heterocycles. The van der Waals surface area contributed by atoms with E-state index in [0.29, 0.717) is 0 Å². The highest BCUT2D eigenvalue weighted by Crippen LogP contribution is 1.87. The van der Waals surface area contributed by atoms with Gasteiger partial charge in [-0.25, -0.2) is 0 Å². The maximum absolute atomic E-state index is 5.14. The minimum Gasteiger partial charge on any atom is -0.382 e. The quantitative estimate of drug-likeness (QED) is 0.306. The molecule has 0 saturated carbocycles. The van der Waals surface area contributed by atoms with Gasteiger partial charge >= 0.3 is 0 Å². The van der Waals surface area contributed by atoms with E-state index in [0.717, 1.165) is 0 Å². The molecule has 0 atom stereocenters. The van der Waals surface area contributed by atoms with Gasteiger partial charge in [0.25, 0.3) is 4.51 Å². The van der Waals surface area contributed by atoms with Gasteiger partial charge in [0.1, 0.15) is 0 Å². The Morgan fingerprint density at radius 3 is 2.14 bits per heavy atom. The lowest BCUT2D eigenvalue weighted by atomic mass is 11.2. The topological polar surface area (TPSA) is 12.5 Å². The second-order valence-electron chi connectivity index (χ2n) is 1.14. The Morgan fingerprint density at radius 1 is 1.71 bits per heavy atom. The highest BCUT2D eigenvalue weighted by Gasteiger charge is 1.89. The van der Waals surface area contributed by atoms with Gasteiger partial charge in [0, 0.05) is 14.1 Å². The SMILES string of the molecule is CN(C)OC(=S)Cl. The van der Waals surface area contributed by atoms with Crippen LogP contribution in [0.2, 0.25) is 0 Å². The van der Waals surface area contributed by atoms with Crippen LogP contribution in [0.1, 0.15) is 0 Å². The first-order valence-corrected chi connectivity index (χ1v) is 2.46. The first-order valence-electron chi connectivity index (χ1n) is 1.67. The predicted octanol–water partition coefficient (Wildman–Crippen LogP) is 1.00. The molecular weight excluding hydrogens is 134 g/mol. The summed E-state index contributed by atoms with van der Waals surface area (Å²) in [6, 6.07) is 0. The van der Waals surface area contributed by atoms with Crippen LogP contribution >= 0.6 is 23.8 Å². The van der Waals surface area contributed by atoms with Crippen molar-refractivity contribution in [2.45, 2.75) is 0 Å². The highest BCUT2D eigenvalue weighted by atomic mass is 35.5. The minimum atomic E-state index is 0.0185. The van der Waals surface area contributed by atoms with Crippen LogP contribution in [0.4, 0.5) is 0 Å². The van der Waals surface area contributed by atoms with Gasteiger partial charge in [-0.15, -0.1) is 5.06 Å². The van der Waals surface area contributed by atoms with Gasteiger partial charge in [-0.1, -0.05) is 0 Å². The predicted molar refractivity (Wildman–Crippen MR) is 33.2 cm³/mol. The van der Waals surface area contributed by atoms with Gasteiger partial charge in [0.2, 0.25) is 0 Å². The van der Waals surface area contributed by atoms with Crippen molar-refractivity contribution < 1.29 is 4.84 Å². The number of rotatable bonds is 1. The Morgan fingerprint density at radius 2 is 2.14 bits per heavy atom. The van der Waals surface area contributed by atoms with Crippen molar-refractivity contribution in [2.75, 3.05) is 14.1 Å². The summed E-state index contributed by atoms with van der Waals surface area (Å²) in [5, 5.41) is 1.43. The molecule has 2 nitrogen and oxygen atoms in total. The third-order valence-electron chi connectivity index (χ3n) is 0.254. The lowest BCUT2D eigenvalue weighted by Crippen LogP contribution is -2.13. The fraction of sp³-hybridized carbons (Fsp3) is 0.667. The Hall–Kier alpha value is 0.140. The Bertz CT molecular complexity index is 75.3. The zero-order valence-electron chi connectivity index (χ0n) is 4.14. The summed E-state index contributed by atoms with van der Waals surface area (Å²) in [7, 11) is 3.41. The molecular formula is C3H6ClNOS. The highest BCUT2D eigenvalue weighted by molar-refractivity contribution is 7.82. The van der Waals surface area contributed by atoms with E-state index in [-0.39, 0.29) is 4.51 Å². The lowest BCUT2D eigenvalue weighted by molar-refractivity contribution is -0.0106. The van der Waals surface area contributed by atoms with E-state index in [9.17, 15) is 0 Å². The summed E-state index contributed by atoms with van der Waals surface area (Å²) in [6.45, 7) is 0. The lowest BCUT2D eigenvalue weighted by Gasteiger charge is -2.06. The number of hydrogen-bond acceptors (Lipinski definition) is 3. The van der Waals surface area contributed by atoms with Crippen molar-refractivity contribution in [2.24, 2.45) is 0 Å². The van der Waals surface area contributed by atoms with Crippen LogP contribution in [0.3, 0.4) is 0 Å². The standard InChI is InChI=1S/C3H6ClNOS/c1-5(2)6-3(4)7/h1-2H3. The summed E-state index contributed by atoms with van der Waals surface area (Å²) >= 11 is 9.51. The fourth-order valence-electron chi connectivity index (χ4n) is 0.144. The summed E-state index contributed by atoms with van der Waals surface area (Å²) in [5.74, 6) is 0. The molecule has 0 bridgehead atoms. The van der Waals surface area contributed by atoms with Crippen LogP contribution in [0.5, 0.6) is 0 Å². The van der Waals surface area contributed by atoms with Crippen LogP contribution in [0.25, 0.3) is 0 Å². The molecule has 0 aliphatic rings. The van der Waals surface area contributed by atoms with Crippen molar-refractivity contribution in [1.29, 1.82) is 0 Å². The second-order valence-corrected chi connectivity index (χ2v) is 2.08. The van der Waals surface area contributed by atoms with E-state index >= 15 is 0 Å². The second kappa shape index (κ2) is 3.18. The van der Waals surface area contributed by atoms with E-state index in [1.54, 1.807) is 14.1 Å². The minimum absolute atomic E-state index is 0.0185. The monoisotopic (exact) mass is 139 g/mol. The largest absolute Gasteiger partial charge is 0.382 e. The van der Waals surface area contributed by atoms with E-state index < -0.39 is 0 Å². The molecule has 0 aromatic carbocycles. The third kappa shape index (κ3) is 6.14. The average Bonchev–Trinajstić information content (AvgIpc) is 1.27. The number of hydrogen-bond donors (Lipinski definition) is 0. The molecule has 0 unspecified atom stereocenters. The maximum atomic E-state index is 5.14. The first-order chi connectivity index (χ1) is 3.13. The number of nitrogens with zero attached hydrogens (tertiary/aromatic N) is 1. The molecule has 7 heavy (non-hydrogen) atoms. The Labute approximate surface area is 53.0 Å². The summed E-state index contributed by atoms with van der Waals surface area (Å²) in [6.07, 6.45) is 0. The molecule has 0 saturated heterocycles. The molecule has 0 aromatic rings. The van der Waals surface area contributed by atoms with E-state index in [1.807, 2.05) is 0 Å². The van der Waals surface area contributed by atoms with Crippen molar-refractivity contribution in [3.63, 3.8) is 0 Å². The summed E-state index contributed by atoms with van der Waals surface area (Å²) in [4.78, 5) is 4.58. The summed E-state index contributed by atoms with van der Waals surface area (Å²) in [5.41, 5.74) is 0. The van der Waals surface area contributed by atoms with E-state index in [1.165, 1.54) is 5.06 Å². The van der Waals surface area contributed by atoms with Crippen molar-refractivity contribution in [3.05, 3.63) is 0 Å². The maximum Gasteiger partial charge on any atom is 0.278 e. The molecule has 0 spiro atoms.